The van der Waals surface area contributed by atoms with Crippen LogP contribution in [-0.4, -0.2) is 29.8 Å². The number of benzene rings is 2. The Balaban J connectivity index is 1.61. The molecule has 0 saturated heterocycles. The van der Waals surface area contributed by atoms with Gasteiger partial charge in [0.15, 0.2) is 0 Å². The van der Waals surface area contributed by atoms with Crippen LogP contribution in [0.4, 0.5) is 4.79 Å². The lowest BCUT2D eigenvalue weighted by atomic mass is 10.0. The zero-order valence-electron chi connectivity index (χ0n) is 18.1. The van der Waals surface area contributed by atoms with Gasteiger partial charge < -0.3 is 19.5 Å². The number of rotatable bonds is 7. The van der Waals surface area contributed by atoms with Gasteiger partial charge in [-0.1, -0.05) is 28.1 Å². The quantitative estimate of drug-likeness (QED) is 0.303. The third-order valence-electron chi connectivity index (χ3n) is 4.44. The summed E-state index contributed by atoms with van der Waals surface area (Å²) in [5, 5.41) is 14.3. The van der Waals surface area contributed by atoms with Crippen molar-refractivity contribution < 1.29 is 23.9 Å². The molecule has 1 unspecified atom stereocenters. The molecule has 32 heavy (non-hydrogen) atoms. The minimum absolute atomic E-state index is 0.0430. The molecule has 1 amide bonds. The molecule has 9 heteroatoms. The monoisotopic (exact) mass is 504 g/mol. The summed E-state index contributed by atoms with van der Waals surface area (Å²) in [6.45, 7) is 6.17. The van der Waals surface area contributed by atoms with Crippen molar-refractivity contribution in [3.05, 3.63) is 73.9 Å². The molecule has 1 heterocycles. The first-order valence-electron chi connectivity index (χ1n) is 10.1. The van der Waals surface area contributed by atoms with Crippen LogP contribution in [0.5, 0.6) is 11.5 Å². The van der Waals surface area contributed by atoms with Crippen LogP contribution in [0.25, 0.3) is 6.08 Å². The number of nitro groups is 1. The van der Waals surface area contributed by atoms with Gasteiger partial charge in [-0.2, -0.15) is 0 Å². The Labute approximate surface area is 194 Å². The summed E-state index contributed by atoms with van der Waals surface area (Å²) in [7, 11) is 0. The third kappa shape index (κ3) is 6.46. The fourth-order valence-corrected chi connectivity index (χ4v) is 3.31. The Kier molecular flexibility index (Phi) is 7.40. The number of alkyl carbamates (subject to hydrolysis) is 1. The van der Waals surface area contributed by atoms with Crippen molar-refractivity contribution >= 4 is 28.1 Å². The van der Waals surface area contributed by atoms with Crippen molar-refractivity contribution in [2.24, 2.45) is 0 Å². The highest BCUT2D eigenvalue weighted by atomic mass is 79.9. The van der Waals surface area contributed by atoms with Crippen LogP contribution in [0.1, 0.15) is 44.4 Å². The summed E-state index contributed by atoms with van der Waals surface area (Å²) in [6.07, 6.45) is 0.828. The highest BCUT2D eigenvalue weighted by Crippen LogP contribution is 2.39. The van der Waals surface area contributed by atoms with E-state index in [1.54, 1.807) is 51.1 Å². The molecule has 1 aliphatic heterocycles. The molecular weight excluding hydrogens is 480 g/mol. The highest BCUT2D eigenvalue weighted by Gasteiger charge is 2.33. The van der Waals surface area contributed by atoms with Gasteiger partial charge in [0.25, 0.3) is 5.70 Å². The van der Waals surface area contributed by atoms with E-state index in [1.807, 2.05) is 12.1 Å². The van der Waals surface area contributed by atoms with Gasteiger partial charge in [-0.05, 0) is 57.5 Å². The minimum Gasteiger partial charge on any atom is -0.494 e. The van der Waals surface area contributed by atoms with E-state index in [4.69, 9.17) is 14.2 Å². The van der Waals surface area contributed by atoms with Crippen molar-refractivity contribution in [3.63, 3.8) is 0 Å². The number of hydrogen-bond acceptors (Lipinski definition) is 6. The van der Waals surface area contributed by atoms with E-state index in [-0.39, 0.29) is 5.70 Å². The first-order valence-corrected chi connectivity index (χ1v) is 10.9. The summed E-state index contributed by atoms with van der Waals surface area (Å²) in [5.41, 5.74) is 0.686. The smallest absolute Gasteiger partial charge is 0.407 e. The van der Waals surface area contributed by atoms with Gasteiger partial charge in [0.05, 0.1) is 11.5 Å². The highest BCUT2D eigenvalue weighted by molar-refractivity contribution is 9.10. The Morgan fingerprint density at radius 2 is 1.94 bits per heavy atom. The predicted molar refractivity (Wildman–Crippen MR) is 123 cm³/mol. The fourth-order valence-electron chi connectivity index (χ4n) is 3.05. The van der Waals surface area contributed by atoms with Crippen LogP contribution in [-0.2, 0) is 4.74 Å². The number of carbonyl (C=O) groups is 1. The maximum absolute atomic E-state index is 11.7. The molecule has 2 aromatic carbocycles. The van der Waals surface area contributed by atoms with Gasteiger partial charge in [-0.15, -0.1) is 0 Å². The molecule has 2 aromatic rings. The second kappa shape index (κ2) is 10.0. The summed E-state index contributed by atoms with van der Waals surface area (Å²) < 4.78 is 17.7. The fraction of sp³-hybridized carbons (Fsp3) is 0.348. The molecule has 0 saturated carbocycles. The molecule has 1 atom stereocenters. The third-order valence-corrected chi connectivity index (χ3v) is 4.97. The lowest BCUT2D eigenvalue weighted by Crippen LogP contribution is -2.33. The molecule has 8 nitrogen and oxygen atoms in total. The Morgan fingerprint density at radius 1 is 1.22 bits per heavy atom. The number of fused-ring (bicyclic) bond motifs is 1. The van der Waals surface area contributed by atoms with E-state index in [2.05, 4.69) is 21.2 Å². The van der Waals surface area contributed by atoms with E-state index in [0.29, 0.717) is 42.2 Å². The van der Waals surface area contributed by atoms with E-state index >= 15 is 0 Å². The zero-order chi connectivity index (χ0) is 23.3. The van der Waals surface area contributed by atoms with Crippen molar-refractivity contribution in [1.29, 1.82) is 0 Å². The van der Waals surface area contributed by atoms with Crippen LogP contribution in [0, 0.1) is 10.1 Å². The van der Waals surface area contributed by atoms with Gasteiger partial charge in [0.2, 0.25) is 6.10 Å². The second-order valence-corrected chi connectivity index (χ2v) is 9.12. The van der Waals surface area contributed by atoms with Crippen LogP contribution < -0.4 is 14.8 Å². The molecule has 0 radical (unpaired) electrons. The van der Waals surface area contributed by atoms with Crippen molar-refractivity contribution in [1.82, 2.24) is 5.32 Å². The average molecular weight is 505 g/mol. The summed E-state index contributed by atoms with van der Waals surface area (Å²) in [6, 6.07) is 12.4. The lowest BCUT2D eigenvalue weighted by Gasteiger charge is -2.23. The number of nitrogens with zero attached hydrogens (tertiary/aromatic N) is 1. The van der Waals surface area contributed by atoms with Crippen LogP contribution in [0.3, 0.4) is 0 Å². The molecular formula is C23H25BrN2O6. The molecule has 170 valence electrons. The number of amides is 1. The SMILES string of the molecule is CC(C)(C)OC(=O)NCCCOc1ccc2c(c1)C=C([N+](=O)[O-])C(c1ccc(Br)cc1)O2. The molecule has 0 aliphatic carbocycles. The van der Waals surface area contributed by atoms with E-state index in [0.717, 1.165) is 4.47 Å². The van der Waals surface area contributed by atoms with Gasteiger partial charge in [-0.3, -0.25) is 10.1 Å². The number of nitrogens with one attached hydrogen (secondary N) is 1. The maximum Gasteiger partial charge on any atom is 0.407 e. The summed E-state index contributed by atoms with van der Waals surface area (Å²) in [5.74, 6) is 1.10. The molecule has 1 aliphatic rings. The standard InChI is InChI=1S/C23H25BrN2O6/c1-23(2,3)32-22(27)25-11-4-12-30-18-9-10-20-16(13-18)14-19(26(28)29)21(31-20)15-5-7-17(24)8-6-15/h5-10,13-14,21H,4,11-12H2,1-3H3,(H,25,27). The second-order valence-electron chi connectivity index (χ2n) is 8.21. The number of hydrogen-bond donors (Lipinski definition) is 1. The van der Waals surface area contributed by atoms with E-state index in [9.17, 15) is 14.9 Å². The first kappa shape index (κ1) is 23.6. The van der Waals surface area contributed by atoms with Gasteiger partial charge in [-0.25, -0.2) is 4.79 Å². The van der Waals surface area contributed by atoms with Crippen LogP contribution in [0.2, 0.25) is 0 Å². The lowest BCUT2D eigenvalue weighted by molar-refractivity contribution is -0.434. The molecule has 0 bridgehead atoms. The van der Waals surface area contributed by atoms with E-state index < -0.39 is 22.7 Å². The topological polar surface area (TPSA) is 99.9 Å². The van der Waals surface area contributed by atoms with Crippen molar-refractivity contribution in [2.75, 3.05) is 13.2 Å². The van der Waals surface area contributed by atoms with Crippen LogP contribution >= 0.6 is 15.9 Å². The molecule has 3 rings (SSSR count). The summed E-state index contributed by atoms with van der Waals surface area (Å²) >= 11 is 3.37. The normalized spacial score (nSPS) is 15.1. The first-order chi connectivity index (χ1) is 15.1. The maximum atomic E-state index is 11.7. The van der Waals surface area contributed by atoms with Crippen LogP contribution in [0.15, 0.2) is 52.6 Å². The van der Waals surface area contributed by atoms with Gasteiger partial charge >= 0.3 is 6.09 Å². The number of carbonyl (C=O) groups excluding carboxylic acids is 1. The molecule has 0 aromatic heterocycles. The molecule has 0 fully saturated rings. The van der Waals surface area contributed by atoms with Gasteiger partial charge in [0, 0.05) is 28.2 Å². The number of ether oxygens (including phenoxy) is 3. The Bertz CT molecular complexity index is 1010. The average Bonchev–Trinajstić information content (AvgIpc) is 2.71. The van der Waals surface area contributed by atoms with E-state index in [1.165, 1.54) is 6.08 Å². The Morgan fingerprint density at radius 3 is 2.59 bits per heavy atom. The minimum atomic E-state index is -0.795. The molecule has 1 N–H and O–H groups in total. The van der Waals surface area contributed by atoms with Crippen molar-refractivity contribution in [3.8, 4) is 11.5 Å². The van der Waals surface area contributed by atoms with Crippen molar-refractivity contribution in [2.45, 2.75) is 38.9 Å². The van der Waals surface area contributed by atoms with Gasteiger partial charge in [0.1, 0.15) is 17.1 Å². The summed E-state index contributed by atoms with van der Waals surface area (Å²) in [4.78, 5) is 22.9. The predicted octanol–water partition coefficient (Wildman–Crippen LogP) is 5.49. The Hall–Kier alpha value is -3.07. The number of halogens is 1. The largest absolute Gasteiger partial charge is 0.494 e. The molecule has 0 spiro atoms. The zero-order valence-corrected chi connectivity index (χ0v) is 19.7.